The summed E-state index contributed by atoms with van der Waals surface area (Å²) in [5.41, 5.74) is 11.3. The second-order valence-electron chi connectivity index (χ2n) is 14.6. The Labute approximate surface area is 310 Å². The second-order valence-corrected chi connectivity index (χ2v) is 16.7. The van der Waals surface area contributed by atoms with E-state index in [1.165, 1.54) is 84.5 Å². The lowest BCUT2D eigenvalue weighted by Crippen LogP contribution is -2.15. The van der Waals surface area contributed by atoms with Gasteiger partial charge in [-0.2, -0.15) is 0 Å². The van der Waals surface area contributed by atoms with Crippen LogP contribution < -0.4 is 4.90 Å². The molecule has 8 aromatic carbocycles. The zero-order valence-electron chi connectivity index (χ0n) is 28.9. The van der Waals surface area contributed by atoms with Crippen molar-refractivity contribution in [3.63, 3.8) is 0 Å². The molecule has 10 aromatic rings. The normalized spacial score (nSPS) is 13.3. The van der Waals surface area contributed by atoms with Crippen LogP contribution in [0.5, 0.6) is 0 Å². The van der Waals surface area contributed by atoms with E-state index < -0.39 is 0 Å². The van der Waals surface area contributed by atoms with Crippen LogP contribution in [0.2, 0.25) is 0 Å². The first-order chi connectivity index (χ1) is 25.5. The minimum atomic E-state index is -0.0322. The third-order valence-electron chi connectivity index (χ3n) is 11.2. The minimum Gasteiger partial charge on any atom is -0.310 e. The van der Waals surface area contributed by atoms with E-state index in [0.29, 0.717) is 0 Å². The molecule has 0 saturated heterocycles. The van der Waals surface area contributed by atoms with Crippen molar-refractivity contribution in [2.24, 2.45) is 0 Å². The van der Waals surface area contributed by atoms with E-state index in [1.54, 1.807) is 0 Å². The molecule has 52 heavy (non-hydrogen) atoms. The van der Waals surface area contributed by atoms with Crippen LogP contribution in [0, 0.1) is 0 Å². The molecule has 0 unspecified atom stereocenters. The summed E-state index contributed by atoms with van der Waals surface area (Å²) in [4.78, 5) is 2.43. The monoisotopic (exact) mass is 699 g/mol. The van der Waals surface area contributed by atoms with Crippen LogP contribution in [0.1, 0.15) is 25.0 Å². The van der Waals surface area contributed by atoms with Crippen LogP contribution in [0.3, 0.4) is 0 Å². The van der Waals surface area contributed by atoms with Gasteiger partial charge in [-0.3, -0.25) is 0 Å². The van der Waals surface area contributed by atoms with E-state index in [4.69, 9.17) is 0 Å². The van der Waals surface area contributed by atoms with E-state index >= 15 is 0 Å². The lowest BCUT2D eigenvalue weighted by Gasteiger charge is -2.27. The van der Waals surface area contributed by atoms with Crippen molar-refractivity contribution in [1.82, 2.24) is 0 Å². The fourth-order valence-corrected chi connectivity index (χ4v) is 10.9. The van der Waals surface area contributed by atoms with E-state index in [9.17, 15) is 0 Å². The molecule has 0 bridgehead atoms. The number of hydrogen-bond donors (Lipinski definition) is 0. The molecule has 2 heterocycles. The molecule has 0 atom stereocenters. The summed E-state index contributed by atoms with van der Waals surface area (Å²) in [6, 6.07) is 61.2. The molecular formula is C49H33NS2. The van der Waals surface area contributed by atoms with Gasteiger partial charge in [0.15, 0.2) is 0 Å². The van der Waals surface area contributed by atoms with Crippen molar-refractivity contribution < 1.29 is 0 Å². The summed E-state index contributed by atoms with van der Waals surface area (Å²) in [6.45, 7) is 4.70. The molecule has 0 N–H and O–H groups in total. The predicted octanol–water partition coefficient (Wildman–Crippen LogP) is 15.0. The number of nitrogens with zero attached hydrogens (tertiary/aromatic N) is 1. The topological polar surface area (TPSA) is 3.24 Å². The molecule has 0 fully saturated rings. The third-order valence-corrected chi connectivity index (χ3v) is 13.5. The maximum Gasteiger partial charge on any atom is 0.0476 e. The van der Waals surface area contributed by atoms with Gasteiger partial charge in [0.1, 0.15) is 0 Å². The van der Waals surface area contributed by atoms with Crippen LogP contribution in [0.4, 0.5) is 17.1 Å². The largest absolute Gasteiger partial charge is 0.310 e. The molecule has 0 spiro atoms. The maximum atomic E-state index is 2.43. The molecule has 3 heteroatoms. The van der Waals surface area contributed by atoms with E-state index in [-0.39, 0.29) is 5.41 Å². The Kier molecular flexibility index (Phi) is 6.41. The average Bonchev–Trinajstić information content (AvgIpc) is 3.81. The van der Waals surface area contributed by atoms with Gasteiger partial charge in [-0.1, -0.05) is 111 Å². The standard InChI is InChI=1S/C49H33NS2/c1-49(2)43-12-6-3-9-37(43)41-28-35(22-24-44(41)49)50(36-21-23-40-38-10-4-7-13-45(38)52-48(40)29-36)34-19-17-30(18-20-34)31-15-16-32-26-42-39-11-5-8-14-46(39)51-47(42)27-33(32)25-31/h3-29H,1-2H3. The summed E-state index contributed by atoms with van der Waals surface area (Å²) >= 11 is 3.75. The number of benzene rings is 8. The van der Waals surface area contributed by atoms with Crippen molar-refractivity contribution in [3.8, 4) is 22.3 Å². The van der Waals surface area contributed by atoms with Crippen molar-refractivity contribution in [2.75, 3.05) is 4.90 Å². The van der Waals surface area contributed by atoms with Crippen LogP contribution in [0.25, 0.3) is 73.4 Å². The van der Waals surface area contributed by atoms with Gasteiger partial charge in [0.05, 0.1) is 0 Å². The van der Waals surface area contributed by atoms with Crippen molar-refractivity contribution in [1.29, 1.82) is 0 Å². The molecule has 1 aliphatic carbocycles. The summed E-state index contributed by atoms with van der Waals surface area (Å²) in [5, 5.41) is 7.88. The van der Waals surface area contributed by atoms with Crippen LogP contribution >= 0.6 is 22.7 Å². The van der Waals surface area contributed by atoms with E-state index in [1.807, 2.05) is 22.7 Å². The van der Waals surface area contributed by atoms with E-state index in [2.05, 4.69) is 183 Å². The zero-order chi connectivity index (χ0) is 34.6. The Bertz CT molecular complexity index is 3050. The van der Waals surface area contributed by atoms with Crippen LogP contribution in [-0.2, 0) is 5.41 Å². The Balaban J connectivity index is 1.03. The quantitative estimate of drug-likeness (QED) is 0.177. The first kappa shape index (κ1) is 29.9. The number of hydrogen-bond acceptors (Lipinski definition) is 3. The van der Waals surface area contributed by atoms with Gasteiger partial charge in [0, 0.05) is 62.8 Å². The summed E-state index contributed by atoms with van der Waals surface area (Å²) in [7, 11) is 0. The Morgan fingerprint density at radius 2 is 0.981 bits per heavy atom. The zero-order valence-corrected chi connectivity index (χ0v) is 30.5. The predicted molar refractivity (Wildman–Crippen MR) is 227 cm³/mol. The molecule has 0 aliphatic heterocycles. The second kappa shape index (κ2) is 11.1. The van der Waals surface area contributed by atoms with Gasteiger partial charge in [-0.15, -0.1) is 22.7 Å². The van der Waals surface area contributed by atoms with Gasteiger partial charge in [0.2, 0.25) is 0 Å². The van der Waals surface area contributed by atoms with Crippen molar-refractivity contribution in [3.05, 3.63) is 175 Å². The van der Waals surface area contributed by atoms with Crippen molar-refractivity contribution in [2.45, 2.75) is 19.3 Å². The summed E-state index contributed by atoms with van der Waals surface area (Å²) < 4.78 is 5.31. The van der Waals surface area contributed by atoms with Gasteiger partial charge >= 0.3 is 0 Å². The lowest BCUT2D eigenvalue weighted by molar-refractivity contribution is 0.660. The van der Waals surface area contributed by atoms with Crippen LogP contribution in [0.15, 0.2) is 164 Å². The fourth-order valence-electron chi connectivity index (χ4n) is 8.60. The van der Waals surface area contributed by atoms with Crippen molar-refractivity contribution >= 4 is 90.9 Å². The van der Waals surface area contributed by atoms with E-state index in [0.717, 1.165) is 17.1 Å². The highest BCUT2D eigenvalue weighted by Crippen LogP contribution is 2.51. The molecule has 0 amide bonds. The Morgan fingerprint density at radius 1 is 0.385 bits per heavy atom. The first-order valence-corrected chi connectivity index (χ1v) is 19.5. The number of fused-ring (bicyclic) bond motifs is 10. The molecule has 246 valence electrons. The Morgan fingerprint density at radius 3 is 1.79 bits per heavy atom. The highest BCUT2D eigenvalue weighted by Gasteiger charge is 2.35. The first-order valence-electron chi connectivity index (χ1n) is 17.9. The highest BCUT2D eigenvalue weighted by atomic mass is 32.1. The van der Waals surface area contributed by atoms with Gasteiger partial charge < -0.3 is 4.90 Å². The molecule has 11 rings (SSSR count). The third kappa shape index (κ3) is 4.46. The molecule has 1 nitrogen and oxygen atoms in total. The van der Waals surface area contributed by atoms with Crippen LogP contribution in [-0.4, -0.2) is 0 Å². The van der Waals surface area contributed by atoms with Gasteiger partial charge in [-0.25, -0.2) is 0 Å². The molecule has 1 aliphatic rings. The molecular weight excluding hydrogens is 667 g/mol. The lowest BCUT2D eigenvalue weighted by atomic mass is 9.82. The number of thiophene rings is 2. The van der Waals surface area contributed by atoms with Gasteiger partial charge in [0.25, 0.3) is 0 Å². The number of rotatable bonds is 4. The number of anilines is 3. The summed E-state index contributed by atoms with van der Waals surface area (Å²) in [6.07, 6.45) is 0. The molecule has 0 saturated carbocycles. The summed E-state index contributed by atoms with van der Waals surface area (Å²) in [5.74, 6) is 0. The fraction of sp³-hybridized carbons (Fsp3) is 0.0612. The Hall–Kier alpha value is -5.74. The maximum absolute atomic E-state index is 2.43. The average molecular weight is 700 g/mol. The molecule has 0 radical (unpaired) electrons. The minimum absolute atomic E-state index is 0.0322. The highest BCUT2D eigenvalue weighted by molar-refractivity contribution is 7.26. The SMILES string of the molecule is CC1(C)c2ccccc2-c2cc(N(c3ccc(-c4ccc5cc6c(cc5c4)sc4ccccc46)cc3)c3ccc4c(c3)sc3ccccc34)ccc21. The van der Waals surface area contributed by atoms with Gasteiger partial charge in [-0.05, 0) is 111 Å². The molecule has 2 aromatic heterocycles. The smallest absolute Gasteiger partial charge is 0.0476 e.